The normalized spacial score (nSPS) is 18.3. The quantitative estimate of drug-likeness (QED) is 0.259. The molecule has 0 spiro atoms. The maximum absolute atomic E-state index is 15.8. The van der Waals surface area contributed by atoms with Crippen molar-refractivity contribution in [2.75, 3.05) is 13.1 Å². The van der Waals surface area contributed by atoms with E-state index in [1.165, 1.54) is 24.8 Å². The number of nitrogens with zero attached hydrogens (tertiary/aromatic N) is 4. The van der Waals surface area contributed by atoms with E-state index < -0.39 is 5.67 Å². The summed E-state index contributed by atoms with van der Waals surface area (Å²) in [5, 5.41) is 18.2. The zero-order valence-electron chi connectivity index (χ0n) is 22.6. The minimum atomic E-state index is -1.37. The van der Waals surface area contributed by atoms with Crippen LogP contribution in [0.25, 0.3) is 5.70 Å². The Morgan fingerprint density at radius 1 is 1.11 bits per heavy atom. The van der Waals surface area contributed by atoms with Gasteiger partial charge in [0.25, 0.3) is 0 Å². The molecule has 1 saturated heterocycles. The van der Waals surface area contributed by atoms with Crippen LogP contribution in [-0.4, -0.2) is 29.4 Å². The molecule has 0 N–H and O–H groups in total. The molecule has 2 aromatic rings. The van der Waals surface area contributed by atoms with Gasteiger partial charge < -0.3 is 4.90 Å². The fourth-order valence-electron chi connectivity index (χ4n) is 5.27. The molecule has 1 heterocycles. The minimum absolute atomic E-state index is 0.400. The summed E-state index contributed by atoms with van der Waals surface area (Å²) in [7, 11) is 0. The second-order valence-electron chi connectivity index (χ2n) is 10.6. The number of hydrogen-bond acceptors (Lipinski definition) is 4. The van der Waals surface area contributed by atoms with Crippen LogP contribution in [0.1, 0.15) is 106 Å². The molecule has 4 nitrogen and oxygen atoms in total. The molecule has 37 heavy (non-hydrogen) atoms. The summed E-state index contributed by atoms with van der Waals surface area (Å²) in [6.07, 6.45) is 7.79. The van der Waals surface area contributed by atoms with Gasteiger partial charge in [0.1, 0.15) is 5.67 Å². The Kier molecular flexibility index (Phi) is 8.59. The van der Waals surface area contributed by atoms with Gasteiger partial charge in [-0.25, -0.2) is 4.39 Å². The molecule has 0 bridgehead atoms. The first-order chi connectivity index (χ1) is 17.8. The summed E-state index contributed by atoms with van der Waals surface area (Å²) in [4.78, 5) is 2.20. The highest BCUT2D eigenvalue weighted by Gasteiger charge is 2.36. The Morgan fingerprint density at radius 2 is 1.81 bits per heavy atom. The van der Waals surface area contributed by atoms with Gasteiger partial charge in [-0.3, -0.25) is 0 Å². The van der Waals surface area contributed by atoms with E-state index in [-0.39, 0.29) is 0 Å². The van der Waals surface area contributed by atoms with E-state index in [0.29, 0.717) is 43.0 Å². The van der Waals surface area contributed by atoms with Crippen molar-refractivity contribution in [2.45, 2.75) is 83.7 Å². The van der Waals surface area contributed by atoms with Crippen LogP contribution in [0.2, 0.25) is 0 Å². The Hall–Kier alpha value is -3.26. The largest absolute Gasteiger partial charge is 0.371 e. The minimum Gasteiger partial charge on any atom is -0.371 e. The van der Waals surface area contributed by atoms with E-state index >= 15 is 4.39 Å². The summed E-state index contributed by atoms with van der Waals surface area (Å²) in [6, 6.07) is 15.6. The SMILES string of the molecule is C=C(c1ccc(C2CCC2)c(/C(C)=N/N=C(\C)CCCC)c1)N1CCC(F)(c2ccc(C#N)cc2)CC1. The Balaban J connectivity index is 1.51. The Labute approximate surface area is 221 Å². The smallest absolute Gasteiger partial charge is 0.139 e. The molecule has 0 unspecified atom stereocenters. The van der Waals surface area contributed by atoms with Crippen molar-refractivity contribution in [3.05, 3.63) is 76.9 Å². The topological polar surface area (TPSA) is 51.8 Å². The van der Waals surface area contributed by atoms with Crippen molar-refractivity contribution in [1.29, 1.82) is 5.26 Å². The molecule has 194 valence electrons. The van der Waals surface area contributed by atoms with Crippen molar-refractivity contribution in [3.8, 4) is 6.07 Å². The van der Waals surface area contributed by atoms with Crippen molar-refractivity contribution in [3.63, 3.8) is 0 Å². The van der Waals surface area contributed by atoms with Gasteiger partial charge >= 0.3 is 0 Å². The summed E-state index contributed by atoms with van der Waals surface area (Å²) < 4.78 is 15.8. The van der Waals surface area contributed by atoms with E-state index in [9.17, 15) is 0 Å². The fraction of sp³-hybridized carbons (Fsp3) is 0.469. The van der Waals surface area contributed by atoms with Crippen LogP contribution in [-0.2, 0) is 5.67 Å². The predicted molar refractivity (Wildman–Crippen MR) is 152 cm³/mol. The van der Waals surface area contributed by atoms with Gasteiger partial charge in [0.05, 0.1) is 17.3 Å². The van der Waals surface area contributed by atoms with E-state index in [1.54, 1.807) is 24.3 Å². The lowest BCUT2D eigenvalue weighted by Crippen LogP contribution is -2.39. The maximum atomic E-state index is 15.8. The van der Waals surface area contributed by atoms with Gasteiger partial charge in [-0.15, -0.1) is 0 Å². The first-order valence-electron chi connectivity index (χ1n) is 13.7. The van der Waals surface area contributed by atoms with Crippen LogP contribution < -0.4 is 0 Å². The molecule has 2 aliphatic rings. The third kappa shape index (κ3) is 6.18. The van der Waals surface area contributed by atoms with Gasteiger partial charge in [0, 0.05) is 42.9 Å². The lowest BCUT2D eigenvalue weighted by molar-refractivity contribution is 0.0794. The highest BCUT2D eigenvalue weighted by Crippen LogP contribution is 2.41. The molecule has 2 fully saturated rings. The predicted octanol–water partition coefficient (Wildman–Crippen LogP) is 8.13. The summed E-state index contributed by atoms with van der Waals surface area (Å²) >= 11 is 0. The van der Waals surface area contributed by atoms with Gasteiger partial charge in [0.15, 0.2) is 0 Å². The number of nitriles is 1. The highest BCUT2D eigenvalue weighted by molar-refractivity contribution is 6.01. The maximum Gasteiger partial charge on any atom is 0.139 e. The molecule has 2 aromatic carbocycles. The van der Waals surface area contributed by atoms with Crippen LogP contribution in [0.15, 0.2) is 59.2 Å². The highest BCUT2D eigenvalue weighted by atomic mass is 19.1. The average molecular weight is 499 g/mol. The molecular weight excluding hydrogens is 459 g/mol. The molecule has 1 aliphatic heterocycles. The zero-order chi connectivity index (χ0) is 26.4. The number of hydrogen-bond donors (Lipinski definition) is 0. The molecule has 0 aromatic heterocycles. The van der Waals surface area contributed by atoms with Gasteiger partial charge in [0.2, 0.25) is 0 Å². The molecule has 0 radical (unpaired) electrons. The number of piperidine rings is 1. The lowest BCUT2D eigenvalue weighted by atomic mass is 9.77. The number of likely N-dealkylation sites (tertiary alicyclic amines) is 1. The van der Waals surface area contributed by atoms with Crippen molar-refractivity contribution in [2.24, 2.45) is 10.2 Å². The van der Waals surface area contributed by atoms with Crippen molar-refractivity contribution >= 4 is 17.1 Å². The van der Waals surface area contributed by atoms with Crippen LogP contribution in [0.4, 0.5) is 4.39 Å². The monoisotopic (exact) mass is 498 g/mol. The Morgan fingerprint density at radius 3 is 2.41 bits per heavy atom. The Bertz CT molecular complexity index is 1210. The van der Waals surface area contributed by atoms with Crippen molar-refractivity contribution < 1.29 is 4.39 Å². The third-order valence-corrected chi connectivity index (χ3v) is 8.05. The summed E-state index contributed by atoms with van der Waals surface area (Å²) in [6.45, 7) is 11.9. The number of alkyl halides is 1. The molecule has 5 heteroatoms. The molecule has 1 aliphatic carbocycles. The molecule has 0 amide bonds. The van der Waals surface area contributed by atoms with Crippen molar-refractivity contribution in [1.82, 2.24) is 4.90 Å². The summed E-state index contributed by atoms with van der Waals surface area (Å²) in [5.41, 5.74) is 6.35. The average Bonchev–Trinajstić information content (AvgIpc) is 2.90. The zero-order valence-corrected chi connectivity index (χ0v) is 22.6. The molecule has 0 atom stereocenters. The van der Waals surface area contributed by atoms with Crippen LogP contribution in [0.3, 0.4) is 0 Å². The standard InChI is InChI=1S/C32H39FN4/c1-5-6-8-23(2)35-36-24(3)31-21-28(13-16-30(31)27-9-7-10-27)25(4)37-19-17-32(33,18-20-37)29-14-11-26(22-34)12-15-29/h11-16,21,27H,4-10,17-20H2,1-3H3/b35-23+,36-24+. The number of unbranched alkanes of at least 4 members (excludes halogenated alkanes) is 1. The van der Waals surface area contributed by atoms with E-state index in [2.05, 4.69) is 66.7 Å². The van der Waals surface area contributed by atoms with E-state index in [0.717, 1.165) is 47.5 Å². The van der Waals surface area contributed by atoms with Crippen LogP contribution >= 0.6 is 0 Å². The molecule has 1 saturated carbocycles. The fourth-order valence-corrected chi connectivity index (χ4v) is 5.27. The lowest BCUT2D eigenvalue weighted by Gasteiger charge is -2.39. The second kappa shape index (κ2) is 11.9. The first kappa shape index (κ1) is 26.8. The van der Waals surface area contributed by atoms with Gasteiger partial charge in [-0.05, 0) is 80.3 Å². The number of halogens is 1. The molecular formula is C32H39FN4. The van der Waals surface area contributed by atoms with E-state index in [1.807, 2.05) is 0 Å². The summed E-state index contributed by atoms with van der Waals surface area (Å²) in [5.74, 6) is 0.585. The number of rotatable bonds is 9. The van der Waals surface area contributed by atoms with E-state index in [4.69, 9.17) is 5.26 Å². The van der Waals surface area contributed by atoms with Crippen LogP contribution in [0.5, 0.6) is 0 Å². The third-order valence-electron chi connectivity index (χ3n) is 8.05. The second-order valence-corrected chi connectivity index (χ2v) is 10.6. The molecule has 4 rings (SSSR count). The van der Waals surface area contributed by atoms with Gasteiger partial charge in [-0.2, -0.15) is 15.5 Å². The van der Waals surface area contributed by atoms with Gasteiger partial charge in [-0.1, -0.05) is 50.6 Å². The van der Waals surface area contributed by atoms with Crippen LogP contribution in [0, 0.1) is 11.3 Å². The first-order valence-corrected chi connectivity index (χ1v) is 13.7. The number of benzene rings is 2.